The van der Waals surface area contributed by atoms with Crippen molar-refractivity contribution in [2.45, 2.75) is 30.0 Å². The molecule has 0 fully saturated rings. The van der Waals surface area contributed by atoms with Crippen molar-refractivity contribution in [3.8, 4) is 0 Å². The molecule has 0 aliphatic carbocycles. The number of aromatic nitrogens is 3. The number of nitrogens with zero attached hydrogens (tertiary/aromatic N) is 3. The summed E-state index contributed by atoms with van der Waals surface area (Å²) >= 11 is 1.14. The van der Waals surface area contributed by atoms with Crippen molar-refractivity contribution in [2.24, 2.45) is 0 Å². The van der Waals surface area contributed by atoms with Gasteiger partial charge in [0.1, 0.15) is 6.33 Å². The number of carbonyl (C=O) groups excluding carboxylic acids is 1. The maximum Gasteiger partial charge on any atom is 0.339 e. The van der Waals surface area contributed by atoms with Crippen LogP contribution in [0.1, 0.15) is 24.2 Å². The predicted molar refractivity (Wildman–Crippen MR) is 74.2 cm³/mol. The Labute approximate surface area is 124 Å². The van der Waals surface area contributed by atoms with E-state index in [4.69, 9.17) is 4.74 Å². The van der Waals surface area contributed by atoms with Gasteiger partial charge in [0.25, 0.3) is 5.69 Å². The van der Waals surface area contributed by atoms with E-state index < -0.39 is 10.9 Å². The normalized spacial score (nSPS) is 10.6. The first-order valence-electron chi connectivity index (χ1n) is 6.00. The Morgan fingerprint density at radius 1 is 1.48 bits per heavy atom. The number of non-ortho nitro benzene ring substituents is 1. The van der Waals surface area contributed by atoms with E-state index in [1.807, 2.05) is 0 Å². The summed E-state index contributed by atoms with van der Waals surface area (Å²) in [5.74, 6) is -0.615. The van der Waals surface area contributed by atoms with E-state index in [0.717, 1.165) is 11.8 Å². The lowest BCUT2D eigenvalue weighted by Crippen LogP contribution is -2.12. The lowest BCUT2D eigenvalue weighted by Gasteiger charge is -2.10. The minimum Gasteiger partial charge on any atom is -0.459 e. The SMILES string of the molecule is CC(C)OC(=O)c1cc([N+](=O)[O-])ccc1Sc1ncn[nH]1. The maximum atomic E-state index is 12.1. The molecule has 0 atom stereocenters. The number of H-pyrrole nitrogens is 1. The fraction of sp³-hybridized carbons (Fsp3) is 0.250. The monoisotopic (exact) mass is 308 g/mol. The second-order valence-electron chi connectivity index (χ2n) is 4.28. The van der Waals surface area contributed by atoms with Crippen LogP contribution in [-0.2, 0) is 4.74 Å². The first-order valence-corrected chi connectivity index (χ1v) is 6.81. The van der Waals surface area contributed by atoms with Crippen molar-refractivity contribution < 1.29 is 14.5 Å². The molecule has 0 amide bonds. The number of nitro groups is 1. The van der Waals surface area contributed by atoms with Crippen molar-refractivity contribution >= 4 is 23.4 Å². The summed E-state index contributed by atoms with van der Waals surface area (Å²) in [6.45, 7) is 3.41. The van der Waals surface area contributed by atoms with Gasteiger partial charge in [0.15, 0.2) is 5.16 Å². The standard InChI is InChI=1S/C12H12N4O4S/c1-7(2)20-11(17)9-5-8(16(18)19)3-4-10(9)21-12-13-6-14-15-12/h3-7H,1-2H3,(H,13,14,15). The van der Waals surface area contributed by atoms with Crippen LogP contribution in [0.5, 0.6) is 0 Å². The summed E-state index contributed by atoms with van der Waals surface area (Å²) in [5.41, 5.74) is -0.0491. The van der Waals surface area contributed by atoms with Crippen molar-refractivity contribution in [1.82, 2.24) is 15.2 Å². The van der Waals surface area contributed by atoms with E-state index in [2.05, 4.69) is 15.2 Å². The molecule has 8 nitrogen and oxygen atoms in total. The van der Waals surface area contributed by atoms with Crippen molar-refractivity contribution in [3.05, 3.63) is 40.2 Å². The van der Waals surface area contributed by atoms with Gasteiger partial charge in [-0.2, -0.15) is 5.10 Å². The molecule has 2 rings (SSSR count). The van der Waals surface area contributed by atoms with Crippen molar-refractivity contribution in [1.29, 1.82) is 0 Å². The summed E-state index contributed by atoms with van der Waals surface area (Å²) in [4.78, 5) is 26.8. The average molecular weight is 308 g/mol. The summed E-state index contributed by atoms with van der Waals surface area (Å²) in [6.07, 6.45) is 1.01. The number of ether oxygens (including phenoxy) is 1. The molecule has 21 heavy (non-hydrogen) atoms. The summed E-state index contributed by atoms with van der Waals surface area (Å²) in [6, 6.07) is 4.01. The van der Waals surface area contributed by atoms with Crippen molar-refractivity contribution in [2.75, 3.05) is 0 Å². The third kappa shape index (κ3) is 3.78. The molecule has 0 bridgehead atoms. The van der Waals surface area contributed by atoms with Gasteiger partial charge in [-0.05, 0) is 31.7 Å². The molecule has 1 aromatic heterocycles. The molecule has 0 spiro atoms. The van der Waals surface area contributed by atoms with E-state index >= 15 is 0 Å². The van der Waals surface area contributed by atoms with Gasteiger partial charge < -0.3 is 4.74 Å². The van der Waals surface area contributed by atoms with Gasteiger partial charge in [-0.3, -0.25) is 15.2 Å². The highest BCUT2D eigenvalue weighted by Crippen LogP contribution is 2.31. The van der Waals surface area contributed by atoms with Gasteiger partial charge in [-0.25, -0.2) is 9.78 Å². The zero-order valence-corrected chi connectivity index (χ0v) is 12.1. The largest absolute Gasteiger partial charge is 0.459 e. The van der Waals surface area contributed by atoms with Crippen LogP contribution >= 0.6 is 11.8 Å². The fourth-order valence-corrected chi connectivity index (χ4v) is 2.30. The number of carbonyl (C=O) groups is 1. The number of aromatic amines is 1. The third-order valence-electron chi connectivity index (χ3n) is 2.34. The number of hydrogen-bond acceptors (Lipinski definition) is 7. The van der Waals surface area contributed by atoms with E-state index in [9.17, 15) is 14.9 Å². The average Bonchev–Trinajstić information content (AvgIpc) is 2.91. The quantitative estimate of drug-likeness (QED) is 0.513. The Balaban J connectivity index is 2.38. The molecule has 1 aromatic carbocycles. The molecule has 1 heterocycles. The number of rotatable bonds is 5. The van der Waals surface area contributed by atoms with Crippen LogP contribution in [0, 0.1) is 10.1 Å². The Bertz CT molecular complexity index is 657. The van der Waals surface area contributed by atoms with Crippen molar-refractivity contribution in [3.63, 3.8) is 0 Å². The molecule has 0 aliphatic heterocycles. The molecule has 110 valence electrons. The molecular weight excluding hydrogens is 296 g/mol. The van der Waals surface area contributed by atoms with Gasteiger partial charge in [-0.1, -0.05) is 0 Å². The van der Waals surface area contributed by atoms with E-state index in [1.165, 1.54) is 24.5 Å². The molecule has 0 radical (unpaired) electrons. The number of esters is 1. The van der Waals surface area contributed by atoms with Crippen LogP contribution < -0.4 is 0 Å². The molecular formula is C12H12N4O4S. The van der Waals surface area contributed by atoms with Gasteiger partial charge >= 0.3 is 5.97 Å². The van der Waals surface area contributed by atoms with Crippen LogP contribution in [0.25, 0.3) is 0 Å². The third-order valence-corrected chi connectivity index (χ3v) is 3.30. The zero-order valence-electron chi connectivity index (χ0n) is 11.3. The highest BCUT2D eigenvalue weighted by atomic mass is 32.2. The van der Waals surface area contributed by atoms with E-state index in [1.54, 1.807) is 13.8 Å². The fourth-order valence-electron chi connectivity index (χ4n) is 1.51. The minimum atomic E-state index is -0.615. The Hall–Kier alpha value is -2.42. The van der Waals surface area contributed by atoms with E-state index in [0.29, 0.717) is 10.1 Å². The molecule has 0 unspecified atom stereocenters. The van der Waals surface area contributed by atoms with Gasteiger partial charge in [0, 0.05) is 17.0 Å². The molecule has 9 heteroatoms. The zero-order chi connectivity index (χ0) is 15.4. The number of nitro benzene ring substituents is 1. The number of nitrogens with one attached hydrogen (secondary N) is 1. The smallest absolute Gasteiger partial charge is 0.339 e. The lowest BCUT2D eigenvalue weighted by molar-refractivity contribution is -0.384. The molecule has 0 aliphatic rings. The van der Waals surface area contributed by atoms with E-state index in [-0.39, 0.29) is 17.4 Å². The Kier molecular flexibility index (Phi) is 4.53. The van der Waals surface area contributed by atoms with Crippen LogP contribution in [0.15, 0.2) is 34.6 Å². The van der Waals surface area contributed by atoms with Gasteiger partial charge in [0.2, 0.25) is 0 Å². The Morgan fingerprint density at radius 3 is 2.81 bits per heavy atom. The van der Waals surface area contributed by atoms with Crippen LogP contribution in [0.3, 0.4) is 0 Å². The number of hydrogen-bond donors (Lipinski definition) is 1. The first kappa shape index (κ1) is 15.0. The van der Waals surface area contributed by atoms with Gasteiger partial charge in [-0.15, -0.1) is 0 Å². The van der Waals surface area contributed by atoms with Crippen LogP contribution in [0.4, 0.5) is 5.69 Å². The van der Waals surface area contributed by atoms with Gasteiger partial charge in [0.05, 0.1) is 16.6 Å². The Morgan fingerprint density at radius 2 is 2.24 bits per heavy atom. The molecule has 1 N–H and O–H groups in total. The summed E-state index contributed by atoms with van der Waals surface area (Å²) in [7, 11) is 0. The highest BCUT2D eigenvalue weighted by Gasteiger charge is 2.20. The first-order chi connectivity index (χ1) is 9.97. The molecule has 0 saturated carbocycles. The second kappa shape index (κ2) is 6.35. The summed E-state index contributed by atoms with van der Waals surface area (Å²) < 4.78 is 5.11. The topological polar surface area (TPSA) is 111 Å². The minimum absolute atomic E-state index is 0.124. The molecule has 2 aromatic rings. The lowest BCUT2D eigenvalue weighted by atomic mass is 10.2. The maximum absolute atomic E-state index is 12.1. The summed E-state index contributed by atoms with van der Waals surface area (Å²) in [5, 5.41) is 17.7. The molecule has 0 saturated heterocycles. The van der Waals surface area contributed by atoms with Crippen LogP contribution in [-0.4, -0.2) is 32.2 Å². The number of benzene rings is 1. The predicted octanol–water partition coefficient (Wildman–Crippen LogP) is 2.43. The highest BCUT2D eigenvalue weighted by molar-refractivity contribution is 7.99. The van der Waals surface area contributed by atoms with Crippen LogP contribution in [0.2, 0.25) is 0 Å². The second-order valence-corrected chi connectivity index (χ2v) is 5.31.